The van der Waals surface area contributed by atoms with Gasteiger partial charge in [0.05, 0.1) is 25.4 Å². The highest BCUT2D eigenvalue weighted by Gasteiger charge is 2.20. The van der Waals surface area contributed by atoms with Gasteiger partial charge in [0.1, 0.15) is 0 Å². The number of ether oxygens (including phenoxy) is 1. The molecule has 0 rings (SSSR count). The van der Waals surface area contributed by atoms with Gasteiger partial charge in [0.2, 0.25) is 5.91 Å². The van der Waals surface area contributed by atoms with Crippen LogP contribution in [0.4, 0.5) is 0 Å². The minimum atomic E-state index is -0.677. The van der Waals surface area contributed by atoms with Crippen LogP contribution in [0, 0.1) is 0 Å². The normalized spacial score (nSPS) is 12.8. The molecule has 0 saturated heterocycles. The molecule has 436 valence electrons. The summed E-state index contributed by atoms with van der Waals surface area (Å²) in [4.78, 5) is 24.6. The fraction of sp³-hybridized carbons (Fsp3) is 0.882. The maximum absolute atomic E-state index is 12.5. The molecule has 6 nitrogen and oxygen atoms in total. The number of amides is 1. The van der Waals surface area contributed by atoms with Crippen LogP contribution in [0.3, 0.4) is 0 Å². The Morgan fingerprint density at radius 2 is 0.676 bits per heavy atom. The zero-order valence-electron chi connectivity index (χ0n) is 49.8. The van der Waals surface area contributed by atoms with Gasteiger partial charge in [-0.25, -0.2) is 0 Å². The van der Waals surface area contributed by atoms with E-state index in [4.69, 9.17) is 4.74 Å². The van der Waals surface area contributed by atoms with Crippen molar-refractivity contribution in [2.45, 2.75) is 373 Å². The molecule has 0 aliphatic rings. The summed E-state index contributed by atoms with van der Waals surface area (Å²) >= 11 is 0. The standard InChI is InChI=1S/C68H129NO5/c1-3-5-7-9-11-13-15-17-19-21-22-23-24-25-26-27-29-32-36-40-44-48-52-56-60-66(71)65(64-70)69-67(72)61-57-53-49-45-41-37-33-30-31-35-39-43-47-51-55-59-63-74-68(73)62-58-54-50-46-42-38-34-28-20-18-16-14-12-10-8-6-4-2/h12,14,18,20,30,33,65-66,70-71H,3-11,13,15-17,19,21-29,31-32,34-64H2,1-2H3,(H,69,72)/b14-12-,20-18-,33-30-. The summed E-state index contributed by atoms with van der Waals surface area (Å²) in [5.41, 5.74) is 0. The number of carbonyl (C=O) groups excluding carboxylic acids is 2. The summed E-state index contributed by atoms with van der Waals surface area (Å²) in [5, 5.41) is 23.4. The Bertz CT molecular complexity index is 1200. The quantitative estimate of drug-likeness (QED) is 0.0320. The van der Waals surface area contributed by atoms with Gasteiger partial charge in [-0.15, -0.1) is 0 Å². The van der Waals surface area contributed by atoms with Crippen molar-refractivity contribution in [2.75, 3.05) is 13.2 Å². The predicted molar refractivity (Wildman–Crippen MR) is 324 cm³/mol. The molecule has 2 unspecified atom stereocenters. The molecule has 0 bridgehead atoms. The first kappa shape index (κ1) is 72.1. The van der Waals surface area contributed by atoms with Crippen LogP contribution < -0.4 is 5.32 Å². The predicted octanol–water partition coefficient (Wildman–Crippen LogP) is 21.1. The van der Waals surface area contributed by atoms with E-state index in [0.29, 0.717) is 25.9 Å². The molecule has 0 heterocycles. The number of hydrogen-bond acceptors (Lipinski definition) is 5. The van der Waals surface area contributed by atoms with Gasteiger partial charge in [-0.1, -0.05) is 301 Å². The Balaban J connectivity index is 3.45. The molecule has 0 aliphatic carbocycles. The Hall–Kier alpha value is -1.92. The van der Waals surface area contributed by atoms with E-state index in [1.54, 1.807) is 0 Å². The van der Waals surface area contributed by atoms with E-state index < -0.39 is 12.1 Å². The molecule has 0 aromatic heterocycles. The molecule has 3 N–H and O–H groups in total. The van der Waals surface area contributed by atoms with Crippen LogP contribution in [0.2, 0.25) is 0 Å². The van der Waals surface area contributed by atoms with E-state index >= 15 is 0 Å². The Kier molecular flexibility index (Phi) is 62.0. The highest BCUT2D eigenvalue weighted by molar-refractivity contribution is 5.76. The van der Waals surface area contributed by atoms with Gasteiger partial charge >= 0.3 is 5.97 Å². The molecule has 0 spiro atoms. The average molecular weight is 1040 g/mol. The van der Waals surface area contributed by atoms with E-state index in [9.17, 15) is 19.8 Å². The fourth-order valence-corrected chi connectivity index (χ4v) is 10.3. The van der Waals surface area contributed by atoms with Crippen molar-refractivity contribution in [3.8, 4) is 0 Å². The molecule has 0 fully saturated rings. The molecule has 0 aromatic carbocycles. The lowest BCUT2D eigenvalue weighted by Gasteiger charge is -2.22. The SMILES string of the molecule is CCCCC/C=C\C/C=C\CCCCCCCCCC(=O)OCCCCCCCCC/C=C\CCCCCCCC(=O)NC(CO)C(O)CCCCCCCCCCCCCCCCCCCCCCCCCC. The van der Waals surface area contributed by atoms with Gasteiger partial charge in [0.25, 0.3) is 0 Å². The van der Waals surface area contributed by atoms with Gasteiger partial charge in [-0.3, -0.25) is 9.59 Å². The molecule has 0 saturated carbocycles. The van der Waals surface area contributed by atoms with Crippen molar-refractivity contribution in [3.63, 3.8) is 0 Å². The van der Waals surface area contributed by atoms with Gasteiger partial charge in [0, 0.05) is 12.8 Å². The minimum absolute atomic E-state index is 0.00981. The fourth-order valence-electron chi connectivity index (χ4n) is 10.3. The van der Waals surface area contributed by atoms with Crippen molar-refractivity contribution in [1.29, 1.82) is 0 Å². The largest absolute Gasteiger partial charge is 0.466 e. The monoisotopic (exact) mass is 1040 g/mol. The van der Waals surface area contributed by atoms with Crippen molar-refractivity contribution in [3.05, 3.63) is 36.5 Å². The molecular weight excluding hydrogens is 911 g/mol. The second kappa shape index (κ2) is 63.6. The Morgan fingerprint density at radius 3 is 1.07 bits per heavy atom. The van der Waals surface area contributed by atoms with Crippen LogP contribution in [0.25, 0.3) is 0 Å². The molecule has 1 amide bonds. The number of hydrogen-bond donors (Lipinski definition) is 3. The number of unbranched alkanes of at least 4 members (excludes halogenated alkanes) is 45. The molecule has 74 heavy (non-hydrogen) atoms. The second-order valence-corrected chi connectivity index (χ2v) is 22.8. The van der Waals surface area contributed by atoms with Crippen LogP contribution in [-0.2, 0) is 14.3 Å². The summed E-state index contributed by atoms with van der Waals surface area (Å²) in [6, 6.07) is -0.556. The molecule has 0 aromatic rings. The third-order valence-electron chi connectivity index (χ3n) is 15.4. The first-order chi connectivity index (χ1) is 36.5. The number of nitrogens with one attached hydrogen (secondary N) is 1. The molecule has 6 heteroatoms. The number of rotatable bonds is 62. The lowest BCUT2D eigenvalue weighted by molar-refractivity contribution is -0.143. The summed E-state index contributed by atoms with van der Waals surface area (Å²) in [7, 11) is 0. The summed E-state index contributed by atoms with van der Waals surface area (Å²) < 4.78 is 5.48. The summed E-state index contributed by atoms with van der Waals surface area (Å²) in [5.74, 6) is -0.0587. The van der Waals surface area contributed by atoms with Crippen LogP contribution in [0.5, 0.6) is 0 Å². The second-order valence-electron chi connectivity index (χ2n) is 22.8. The molecule has 0 radical (unpaired) electrons. The average Bonchev–Trinajstić information content (AvgIpc) is 3.40. The lowest BCUT2D eigenvalue weighted by atomic mass is 10.0. The zero-order chi connectivity index (χ0) is 53.6. The van der Waals surface area contributed by atoms with Crippen LogP contribution in [0.15, 0.2) is 36.5 Å². The Morgan fingerprint density at radius 1 is 0.378 bits per heavy atom. The summed E-state index contributed by atoms with van der Waals surface area (Å²) in [6.45, 7) is 4.93. The van der Waals surface area contributed by atoms with E-state index in [1.807, 2.05) is 0 Å². The smallest absolute Gasteiger partial charge is 0.305 e. The molecule has 2 atom stereocenters. The third-order valence-corrected chi connectivity index (χ3v) is 15.4. The molecule has 0 aliphatic heterocycles. The van der Waals surface area contributed by atoms with Crippen LogP contribution in [0.1, 0.15) is 361 Å². The highest BCUT2D eigenvalue weighted by Crippen LogP contribution is 2.18. The maximum Gasteiger partial charge on any atom is 0.305 e. The Labute approximate surface area is 462 Å². The van der Waals surface area contributed by atoms with Crippen LogP contribution >= 0.6 is 0 Å². The lowest BCUT2D eigenvalue weighted by Crippen LogP contribution is -2.45. The minimum Gasteiger partial charge on any atom is -0.466 e. The van der Waals surface area contributed by atoms with E-state index in [2.05, 4.69) is 55.6 Å². The first-order valence-electron chi connectivity index (χ1n) is 33.2. The zero-order valence-corrected chi connectivity index (χ0v) is 49.8. The highest BCUT2D eigenvalue weighted by atomic mass is 16.5. The van der Waals surface area contributed by atoms with Crippen molar-refractivity contribution >= 4 is 11.9 Å². The van der Waals surface area contributed by atoms with Crippen LogP contribution in [-0.4, -0.2) is 47.4 Å². The number of esters is 1. The summed E-state index contributed by atoms with van der Waals surface area (Å²) in [6.07, 6.45) is 80.2. The van der Waals surface area contributed by atoms with Gasteiger partial charge < -0.3 is 20.3 Å². The van der Waals surface area contributed by atoms with Gasteiger partial charge in [-0.2, -0.15) is 0 Å². The van der Waals surface area contributed by atoms with Gasteiger partial charge in [0.15, 0.2) is 0 Å². The number of aliphatic hydroxyl groups excluding tert-OH is 2. The maximum atomic E-state index is 12.5. The van der Waals surface area contributed by atoms with Crippen molar-refractivity contribution in [2.24, 2.45) is 0 Å². The number of aliphatic hydroxyl groups is 2. The topological polar surface area (TPSA) is 95.9 Å². The van der Waals surface area contributed by atoms with Crippen molar-refractivity contribution in [1.82, 2.24) is 5.32 Å². The van der Waals surface area contributed by atoms with Crippen molar-refractivity contribution < 1.29 is 24.5 Å². The van der Waals surface area contributed by atoms with E-state index in [-0.39, 0.29) is 18.5 Å². The van der Waals surface area contributed by atoms with E-state index in [0.717, 1.165) is 70.6 Å². The number of allylic oxidation sites excluding steroid dienone is 6. The first-order valence-corrected chi connectivity index (χ1v) is 33.2. The van der Waals surface area contributed by atoms with E-state index in [1.165, 1.54) is 257 Å². The van der Waals surface area contributed by atoms with Gasteiger partial charge in [-0.05, 0) is 83.5 Å². The molecular formula is C68H129NO5. The third kappa shape index (κ3) is 59.3. The number of carbonyl (C=O) groups is 2.